The fourth-order valence-corrected chi connectivity index (χ4v) is 3.78. The van der Waals surface area contributed by atoms with Gasteiger partial charge < -0.3 is 15.1 Å². The summed E-state index contributed by atoms with van der Waals surface area (Å²) in [4.78, 5) is 5.17. The second-order valence-corrected chi connectivity index (χ2v) is 6.02. The predicted octanol–water partition coefficient (Wildman–Crippen LogP) is 0.233. The highest BCUT2D eigenvalue weighted by molar-refractivity contribution is 5.00. The second kappa shape index (κ2) is 3.72. The molecule has 3 nitrogen and oxygen atoms in total. The summed E-state index contributed by atoms with van der Waals surface area (Å²) in [6, 6.07) is 0. The van der Waals surface area contributed by atoms with E-state index in [-0.39, 0.29) is 0 Å². The molecule has 0 bridgehead atoms. The summed E-state index contributed by atoms with van der Waals surface area (Å²) in [5.74, 6) is 0.929. The van der Waals surface area contributed by atoms with Gasteiger partial charge in [0.1, 0.15) is 0 Å². The molecule has 1 spiro atoms. The first kappa shape index (κ1) is 10.1. The molecular formula is C12H23N3. The molecule has 3 fully saturated rings. The minimum atomic E-state index is 0.695. The van der Waals surface area contributed by atoms with Gasteiger partial charge >= 0.3 is 0 Å². The third-order valence-electron chi connectivity index (χ3n) is 4.41. The molecule has 3 aliphatic heterocycles. The number of hydrogen-bond acceptors (Lipinski definition) is 3. The van der Waals surface area contributed by atoms with Crippen LogP contribution in [0.2, 0.25) is 0 Å². The molecule has 3 aliphatic rings. The van der Waals surface area contributed by atoms with Crippen molar-refractivity contribution in [2.75, 3.05) is 52.9 Å². The lowest BCUT2D eigenvalue weighted by atomic mass is 9.79. The summed E-state index contributed by atoms with van der Waals surface area (Å²) in [7, 11) is 2.24. The van der Waals surface area contributed by atoms with Gasteiger partial charge in [0, 0.05) is 31.6 Å². The quantitative estimate of drug-likeness (QED) is 0.702. The molecule has 3 heteroatoms. The van der Waals surface area contributed by atoms with E-state index in [4.69, 9.17) is 0 Å². The number of nitrogens with zero attached hydrogens (tertiary/aromatic N) is 2. The molecule has 0 aliphatic carbocycles. The molecule has 15 heavy (non-hydrogen) atoms. The molecule has 1 atom stereocenters. The lowest BCUT2D eigenvalue weighted by molar-refractivity contribution is 0.0297. The molecule has 3 heterocycles. The van der Waals surface area contributed by atoms with Crippen molar-refractivity contribution in [3.63, 3.8) is 0 Å². The van der Waals surface area contributed by atoms with Crippen LogP contribution in [0.1, 0.15) is 12.8 Å². The Morgan fingerprint density at radius 3 is 2.87 bits per heavy atom. The molecule has 0 amide bonds. The van der Waals surface area contributed by atoms with E-state index in [0.29, 0.717) is 5.41 Å². The van der Waals surface area contributed by atoms with Gasteiger partial charge in [-0.25, -0.2) is 0 Å². The Kier molecular flexibility index (Phi) is 2.49. The first-order valence-corrected chi connectivity index (χ1v) is 6.37. The summed E-state index contributed by atoms with van der Waals surface area (Å²) in [6.07, 6.45) is 2.83. The highest BCUT2D eigenvalue weighted by Crippen LogP contribution is 2.38. The van der Waals surface area contributed by atoms with Crippen molar-refractivity contribution in [1.82, 2.24) is 15.1 Å². The topological polar surface area (TPSA) is 18.5 Å². The highest BCUT2D eigenvalue weighted by atomic mass is 15.3. The summed E-state index contributed by atoms with van der Waals surface area (Å²) < 4.78 is 0. The SMILES string of the molecule is CN1CC2(CCN(CC3CCNC3)C2)C1. The molecular weight excluding hydrogens is 186 g/mol. The van der Waals surface area contributed by atoms with E-state index in [1.54, 1.807) is 0 Å². The standard InChI is InChI=1S/C12H23N3/c1-14-8-12(9-14)3-5-15(10-12)7-11-2-4-13-6-11/h11,13H,2-10H2,1H3. The zero-order chi connectivity index (χ0) is 10.3. The van der Waals surface area contributed by atoms with E-state index in [9.17, 15) is 0 Å². The van der Waals surface area contributed by atoms with Crippen molar-refractivity contribution in [2.45, 2.75) is 12.8 Å². The van der Waals surface area contributed by atoms with E-state index in [2.05, 4.69) is 22.2 Å². The van der Waals surface area contributed by atoms with E-state index in [0.717, 1.165) is 5.92 Å². The first-order valence-electron chi connectivity index (χ1n) is 6.37. The summed E-state index contributed by atoms with van der Waals surface area (Å²) in [6.45, 7) is 9.24. The van der Waals surface area contributed by atoms with Gasteiger partial charge in [-0.15, -0.1) is 0 Å². The van der Waals surface area contributed by atoms with Crippen LogP contribution in [0.15, 0.2) is 0 Å². The number of likely N-dealkylation sites (tertiary alicyclic amines) is 2. The molecule has 1 N–H and O–H groups in total. The van der Waals surface area contributed by atoms with Crippen LogP contribution in [0.3, 0.4) is 0 Å². The maximum Gasteiger partial charge on any atom is 0.00966 e. The van der Waals surface area contributed by atoms with Crippen molar-refractivity contribution in [2.24, 2.45) is 11.3 Å². The highest BCUT2D eigenvalue weighted by Gasteiger charge is 2.46. The Morgan fingerprint density at radius 2 is 2.20 bits per heavy atom. The van der Waals surface area contributed by atoms with Gasteiger partial charge in [0.15, 0.2) is 0 Å². The Labute approximate surface area is 92.8 Å². The zero-order valence-electron chi connectivity index (χ0n) is 9.84. The van der Waals surface area contributed by atoms with Crippen LogP contribution >= 0.6 is 0 Å². The van der Waals surface area contributed by atoms with Gasteiger partial charge in [-0.3, -0.25) is 0 Å². The van der Waals surface area contributed by atoms with Crippen molar-refractivity contribution >= 4 is 0 Å². The maximum absolute atomic E-state index is 3.47. The molecule has 1 unspecified atom stereocenters. The molecule has 3 rings (SSSR count). The van der Waals surface area contributed by atoms with Gasteiger partial charge in [-0.05, 0) is 45.4 Å². The lowest BCUT2D eigenvalue weighted by Gasteiger charge is -2.46. The van der Waals surface area contributed by atoms with Gasteiger partial charge in [0.2, 0.25) is 0 Å². The van der Waals surface area contributed by atoms with Crippen molar-refractivity contribution in [1.29, 1.82) is 0 Å². The van der Waals surface area contributed by atoms with E-state index in [1.165, 1.54) is 58.7 Å². The molecule has 0 aromatic carbocycles. The fourth-order valence-electron chi connectivity index (χ4n) is 3.78. The summed E-state index contributed by atoms with van der Waals surface area (Å²) >= 11 is 0. The lowest BCUT2D eigenvalue weighted by Crippen LogP contribution is -2.55. The molecule has 0 saturated carbocycles. The van der Waals surface area contributed by atoms with Crippen LogP contribution < -0.4 is 5.32 Å². The average molecular weight is 209 g/mol. The largest absolute Gasteiger partial charge is 0.316 e. The minimum absolute atomic E-state index is 0.695. The van der Waals surface area contributed by atoms with Gasteiger partial charge in [0.05, 0.1) is 0 Å². The Morgan fingerprint density at radius 1 is 1.33 bits per heavy atom. The third kappa shape index (κ3) is 1.93. The van der Waals surface area contributed by atoms with Gasteiger partial charge in [-0.2, -0.15) is 0 Å². The predicted molar refractivity (Wildman–Crippen MR) is 62.0 cm³/mol. The van der Waals surface area contributed by atoms with Crippen LogP contribution in [0.4, 0.5) is 0 Å². The molecule has 86 valence electrons. The smallest absolute Gasteiger partial charge is 0.00966 e. The van der Waals surface area contributed by atoms with Crippen LogP contribution in [-0.2, 0) is 0 Å². The van der Waals surface area contributed by atoms with Crippen LogP contribution in [0, 0.1) is 11.3 Å². The van der Waals surface area contributed by atoms with Crippen molar-refractivity contribution in [3.05, 3.63) is 0 Å². The van der Waals surface area contributed by atoms with Crippen LogP contribution in [-0.4, -0.2) is 62.7 Å². The van der Waals surface area contributed by atoms with E-state index in [1.807, 2.05) is 0 Å². The van der Waals surface area contributed by atoms with Crippen LogP contribution in [0.25, 0.3) is 0 Å². The van der Waals surface area contributed by atoms with Gasteiger partial charge in [-0.1, -0.05) is 0 Å². The molecule has 0 aromatic heterocycles. The molecule has 0 radical (unpaired) electrons. The Hall–Kier alpha value is -0.120. The van der Waals surface area contributed by atoms with Crippen molar-refractivity contribution in [3.8, 4) is 0 Å². The van der Waals surface area contributed by atoms with E-state index >= 15 is 0 Å². The Balaban J connectivity index is 1.49. The van der Waals surface area contributed by atoms with Gasteiger partial charge in [0.25, 0.3) is 0 Å². The molecule has 0 aromatic rings. The Bertz CT molecular complexity index is 229. The number of rotatable bonds is 2. The van der Waals surface area contributed by atoms with Crippen molar-refractivity contribution < 1.29 is 0 Å². The minimum Gasteiger partial charge on any atom is -0.316 e. The number of nitrogens with one attached hydrogen (secondary N) is 1. The number of hydrogen-bond donors (Lipinski definition) is 1. The molecule has 3 saturated heterocycles. The maximum atomic E-state index is 3.47. The first-order chi connectivity index (χ1) is 7.26. The summed E-state index contributed by atoms with van der Waals surface area (Å²) in [5, 5.41) is 3.47. The van der Waals surface area contributed by atoms with E-state index < -0.39 is 0 Å². The zero-order valence-corrected chi connectivity index (χ0v) is 9.84. The third-order valence-corrected chi connectivity index (χ3v) is 4.41. The average Bonchev–Trinajstić information content (AvgIpc) is 2.75. The van der Waals surface area contributed by atoms with Crippen LogP contribution in [0.5, 0.6) is 0 Å². The monoisotopic (exact) mass is 209 g/mol. The second-order valence-electron chi connectivity index (χ2n) is 6.02. The normalized spacial score (nSPS) is 36.2. The summed E-state index contributed by atoms with van der Waals surface area (Å²) in [5.41, 5.74) is 0.695. The fraction of sp³-hybridized carbons (Fsp3) is 1.00.